The molecule has 0 aliphatic heterocycles. The summed E-state index contributed by atoms with van der Waals surface area (Å²) in [5.41, 5.74) is 1.45. The maximum Gasteiger partial charge on any atom is 0.134 e. The van der Waals surface area contributed by atoms with Gasteiger partial charge in [0.15, 0.2) is 0 Å². The van der Waals surface area contributed by atoms with Crippen LogP contribution >= 0.6 is 0 Å². The molecule has 2 aromatic rings. The lowest BCUT2D eigenvalue weighted by Gasteiger charge is -2.30. The first-order valence-electron chi connectivity index (χ1n) is 7.29. The highest BCUT2D eigenvalue weighted by atomic mass is 15.3. The third-order valence-electron chi connectivity index (χ3n) is 3.47. The lowest BCUT2D eigenvalue weighted by atomic mass is 9.87. The van der Waals surface area contributed by atoms with Gasteiger partial charge >= 0.3 is 0 Å². The van der Waals surface area contributed by atoms with Crippen LogP contribution in [0.5, 0.6) is 0 Å². The fourth-order valence-electron chi connectivity index (χ4n) is 2.54. The van der Waals surface area contributed by atoms with E-state index in [2.05, 4.69) is 30.3 Å². The standard InChI is InChI=1S/C17H22N4/c1-14(2)20-17(13-18,16-7-5-4-6-8-16)9-10-21-12-15(3)11-19-21/h4-8,11-12,14,20H,9-10H2,1-3H3. The SMILES string of the molecule is Cc1cnn(CCC(C#N)(NC(C)C)c2ccccc2)c1. The zero-order valence-corrected chi connectivity index (χ0v) is 12.9. The van der Waals surface area contributed by atoms with Crippen molar-refractivity contribution in [2.24, 2.45) is 0 Å². The molecule has 1 N–H and O–H groups in total. The molecule has 1 atom stereocenters. The predicted molar refractivity (Wildman–Crippen MR) is 83.6 cm³/mol. The second kappa shape index (κ2) is 6.55. The Labute approximate surface area is 126 Å². The molecule has 110 valence electrons. The Morgan fingerprint density at radius 1 is 1.33 bits per heavy atom. The van der Waals surface area contributed by atoms with Crippen molar-refractivity contribution in [3.05, 3.63) is 53.9 Å². The Kier molecular flexibility index (Phi) is 4.77. The summed E-state index contributed by atoms with van der Waals surface area (Å²) in [6.07, 6.45) is 4.52. The van der Waals surface area contributed by atoms with Crippen molar-refractivity contribution in [1.82, 2.24) is 15.1 Å². The minimum Gasteiger partial charge on any atom is -0.293 e. The van der Waals surface area contributed by atoms with Crippen molar-refractivity contribution in [3.63, 3.8) is 0 Å². The Morgan fingerprint density at radius 2 is 2.05 bits per heavy atom. The van der Waals surface area contributed by atoms with Crippen LogP contribution in [0, 0.1) is 18.3 Å². The second-order valence-electron chi connectivity index (χ2n) is 5.71. The van der Waals surface area contributed by atoms with Crippen molar-refractivity contribution in [2.75, 3.05) is 0 Å². The Bertz CT molecular complexity index is 609. The summed E-state index contributed by atoms with van der Waals surface area (Å²) in [7, 11) is 0. The van der Waals surface area contributed by atoms with Gasteiger partial charge in [-0.3, -0.25) is 10.00 Å². The monoisotopic (exact) mass is 282 g/mol. The summed E-state index contributed by atoms with van der Waals surface area (Å²) >= 11 is 0. The van der Waals surface area contributed by atoms with E-state index in [-0.39, 0.29) is 6.04 Å². The maximum absolute atomic E-state index is 9.82. The number of nitrogens with one attached hydrogen (secondary N) is 1. The quantitative estimate of drug-likeness (QED) is 0.886. The zero-order valence-electron chi connectivity index (χ0n) is 12.9. The van der Waals surface area contributed by atoms with Crippen LogP contribution in [-0.4, -0.2) is 15.8 Å². The van der Waals surface area contributed by atoms with E-state index in [1.165, 1.54) is 0 Å². The number of nitrogens with zero attached hydrogens (tertiary/aromatic N) is 3. The van der Waals surface area contributed by atoms with Gasteiger partial charge in [0.1, 0.15) is 5.54 Å². The number of rotatable bonds is 6. The number of hydrogen-bond donors (Lipinski definition) is 1. The van der Waals surface area contributed by atoms with Crippen LogP contribution in [0.1, 0.15) is 31.4 Å². The van der Waals surface area contributed by atoms with E-state index in [1.807, 2.05) is 54.3 Å². The van der Waals surface area contributed by atoms with Gasteiger partial charge in [-0.05, 0) is 31.9 Å². The molecule has 0 spiro atoms. The van der Waals surface area contributed by atoms with E-state index in [0.29, 0.717) is 13.0 Å². The smallest absolute Gasteiger partial charge is 0.134 e. The highest BCUT2D eigenvalue weighted by molar-refractivity contribution is 5.31. The van der Waals surface area contributed by atoms with E-state index in [0.717, 1.165) is 11.1 Å². The molecule has 1 unspecified atom stereocenters. The summed E-state index contributed by atoms with van der Waals surface area (Å²) < 4.78 is 1.90. The van der Waals surface area contributed by atoms with Crippen molar-refractivity contribution in [3.8, 4) is 6.07 Å². The van der Waals surface area contributed by atoms with Crippen molar-refractivity contribution in [2.45, 2.75) is 45.3 Å². The van der Waals surface area contributed by atoms with Gasteiger partial charge in [-0.25, -0.2) is 0 Å². The van der Waals surface area contributed by atoms with Crippen LogP contribution in [-0.2, 0) is 12.1 Å². The summed E-state index contributed by atoms with van der Waals surface area (Å²) in [4.78, 5) is 0. The Morgan fingerprint density at radius 3 is 2.57 bits per heavy atom. The third-order valence-corrected chi connectivity index (χ3v) is 3.47. The number of aryl methyl sites for hydroxylation is 2. The number of nitriles is 1. The van der Waals surface area contributed by atoms with E-state index >= 15 is 0 Å². The largest absolute Gasteiger partial charge is 0.293 e. The first kappa shape index (κ1) is 15.3. The second-order valence-corrected chi connectivity index (χ2v) is 5.71. The molecule has 0 saturated heterocycles. The van der Waals surface area contributed by atoms with Crippen LogP contribution in [0.3, 0.4) is 0 Å². The van der Waals surface area contributed by atoms with Crippen LogP contribution in [0.15, 0.2) is 42.7 Å². The zero-order chi connectivity index (χ0) is 15.3. The van der Waals surface area contributed by atoms with Gasteiger partial charge in [-0.15, -0.1) is 0 Å². The summed E-state index contributed by atoms with van der Waals surface area (Å²) in [6.45, 7) is 6.85. The van der Waals surface area contributed by atoms with Gasteiger partial charge in [-0.1, -0.05) is 30.3 Å². The number of benzene rings is 1. The predicted octanol–water partition coefficient (Wildman–Crippen LogP) is 3.00. The fourth-order valence-corrected chi connectivity index (χ4v) is 2.54. The van der Waals surface area contributed by atoms with Gasteiger partial charge in [0.25, 0.3) is 0 Å². The van der Waals surface area contributed by atoms with E-state index < -0.39 is 5.54 Å². The highest BCUT2D eigenvalue weighted by Crippen LogP contribution is 2.26. The average Bonchev–Trinajstić information content (AvgIpc) is 2.90. The van der Waals surface area contributed by atoms with Crippen LogP contribution in [0.2, 0.25) is 0 Å². The molecular weight excluding hydrogens is 260 g/mol. The number of hydrogen-bond acceptors (Lipinski definition) is 3. The van der Waals surface area contributed by atoms with Crippen molar-refractivity contribution < 1.29 is 0 Å². The van der Waals surface area contributed by atoms with Crippen LogP contribution < -0.4 is 5.32 Å². The van der Waals surface area contributed by atoms with Crippen molar-refractivity contribution in [1.29, 1.82) is 5.26 Å². The molecule has 4 heteroatoms. The molecule has 0 aliphatic rings. The fraction of sp³-hybridized carbons (Fsp3) is 0.412. The molecule has 0 radical (unpaired) electrons. The lowest BCUT2D eigenvalue weighted by Crippen LogP contribution is -2.45. The molecule has 21 heavy (non-hydrogen) atoms. The molecule has 1 aromatic heterocycles. The maximum atomic E-state index is 9.82. The van der Waals surface area contributed by atoms with Crippen molar-refractivity contribution >= 4 is 0 Å². The van der Waals surface area contributed by atoms with Gasteiger partial charge in [-0.2, -0.15) is 10.4 Å². The molecule has 0 aliphatic carbocycles. The molecule has 0 fully saturated rings. The van der Waals surface area contributed by atoms with Crippen LogP contribution in [0.4, 0.5) is 0 Å². The molecule has 0 saturated carbocycles. The minimum atomic E-state index is -0.685. The van der Waals surface area contributed by atoms with Gasteiger partial charge < -0.3 is 0 Å². The molecular formula is C17H22N4. The van der Waals surface area contributed by atoms with Gasteiger partial charge in [0.2, 0.25) is 0 Å². The molecule has 0 amide bonds. The molecule has 0 bridgehead atoms. The Balaban J connectivity index is 2.25. The van der Waals surface area contributed by atoms with Gasteiger partial charge in [0.05, 0.1) is 12.3 Å². The first-order valence-corrected chi connectivity index (χ1v) is 7.29. The normalized spacial score (nSPS) is 13.9. The summed E-state index contributed by atoms with van der Waals surface area (Å²) in [5.74, 6) is 0. The minimum absolute atomic E-state index is 0.226. The average molecular weight is 282 g/mol. The number of aromatic nitrogens is 2. The van der Waals surface area contributed by atoms with E-state index in [1.54, 1.807) is 0 Å². The van der Waals surface area contributed by atoms with E-state index in [9.17, 15) is 5.26 Å². The lowest BCUT2D eigenvalue weighted by molar-refractivity contribution is 0.337. The Hall–Kier alpha value is -2.12. The van der Waals surface area contributed by atoms with Gasteiger partial charge in [0, 0.05) is 25.2 Å². The molecule has 2 rings (SSSR count). The molecule has 1 aromatic carbocycles. The summed E-state index contributed by atoms with van der Waals surface area (Å²) in [6, 6.07) is 12.6. The third kappa shape index (κ3) is 3.71. The van der Waals surface area contributed by atoms with Crippen LogP contribution in [0.25, 0.3) is 0 Å². The first-order chi connectivity index (χ1) is 10.1. The van der Waals surface area contributed by atoms with E-state index in [4.69, 9.17) is 0 Å². The highest BCUT2D eigenvalue weighted by Gasteiger charge is 2.32. The molecule has 4 nitrogen and oxygen atoms in total. The molecule has 1 heterocycles. The topological polar surface area (TPSA) is 53.6 Å². The summed E-state index contributed by atoms with van der Waals surface area (Å²) in [5, 5.41) is 17.6.